The summed E-state index contributed by atoms with van der Waals surface area (Å²) in [4.78, 5) is 25.5. The molecule has 0 aliphatic rings. The molecule has 0 bridgehead atoms. The third-order valence-electron chi connectivity index (χ3n) is 6.68. The molecule has 0 rings (SSSR count). The Hall–Kier alpha value is -1.31. The molecule has 0 radical (unpaired) electrons. The second kappa shape index (κ2) is 23.6. The number of hydrogen-bond donors (Lipinski definition) is 6. The zero-order chi connectivity index (χ0) is 29.5. The quantitative estimate of drug-likeness (QED) is 0.0736. The fraction of sp³-hybridized carbons (Fsp3) is 0.923. The van der Waals surface area contributed by atoms with Gasteiger partial charge in [-0.15, -0.1) is 0 Å². The first-order valence-corrected chi connectivity index (χ1v) is 15.4. The van der Waals surface area contributed by atoms with Crippen LogP contribution >= 0.6 is 0 Å². The fourth-order valence-corrected chi connectivity index (χ4v) is 5.66. The summed E-state index contributed by atoms with van der Waals surface area (Å²) in [5.74, 6) is -4.93. The predicted molar refractivity (Wildman–Crippen MR) is 147 cm³/mol. The molecule has 0 fully saturated rings. The van der Waals surface area contributed by atoms with Crippen molar-refractivity contribution in [3.63, 3.8) is 0 Å². The van der Waals surface area contributed by atoms with E-state index in [1.807, 2.05) is 0 Å². The van der Waals surface area contributed by atoms with Gasteiger partial charge < -0.3 is 25.5 Å². The summed E-state index contributed by atoms with van der Waals surface area (Å²) in [6.45, 7) is 5.90. The van der Waals surface area contributed by atoms with E-state index in [0.29, 0.717) is 38.9 Å². The van der Waals surface area contributed by atoms with Crippen LogP contribution < -0.4 is 0 Å². The Labute approximate surface area is 229 Å². The molecule has 11 nitrogen and oxygen atoms in total. The molecular weight excluding hydrogens is 518 g/mol. The Balaban J connectivity index is 0. The van der Waals surface area contributed by atoms with Crippen LogP contribution in [0.15, 0.2) is 0 Å². The Kier molecular flexibility index (Phi) is 24.1. The van der Waals surface area contributed by atoms with E-state index in [1.165, 1.54) is 0 Å². The maximum Gasteiger partial charge on any atom is 0.328 e. The molecule has 0 aromatic carbocycles. The molecule has 38 heavy (non-hydrogen) atoms. The first kappa shape index (κ1) is 38.8. The molecule has 0 aliphatic heterocycles. The summed E-state index contributed by atoms with van der Waals surface area (Å²) in [5, 5.41) is 44.7. The summed E-state index contributed by atoms with van der Waals surface area (Å²) in [5.41, 5.74) is 0. The first-order chi connectivity index (χ1) is 18.0. The molecule has 228 valence electrons. The third kappa shape index (κ3) is 15.9. The summed E-state index contributed by atoms with van der Waals surface area (Å²) in [6.07, 6.45) is 9.43. The lowest BCUT2D eigenvalue weighted by Crippen LogP contribution is -2.55. The third-order valence-corrected chi connectivity index (χ3v) is 8.26. The molecule has 0 spiro atoms. The van der Waals surface area contributed by atoms with Crippen molar-refractivity contribution in [3.05, 3.63) is 0 Å². The molecule has 2 unspecified atom stereocenters. The van der Waals surface area contributed by atoms with E-state index in [1.54, 1.807) is 4.90 Å². The zero-order valence-corrected chi connectivity index (χ0v) is 24.2. The first-order valence-electron chi connectivity index (χ1n) is 14.0. The lowest BCUT2D eigenvalue weighted by atomic mass is 9.82. The fourth-order valence-electron chi connectivity index (χ4n) is 4.46. The van der Waals surface area contributed by atoms with E-state index in [2.05, 4.69) is 13.8 Å². The predicted octanol–water partition coefficient (Wildman–Crippen LogP) is 3.16. The molecule has 0 saturated carbocycles. The SMILES string of the molecule is CCCCCCCCC(C(=O)O)C(CCCCCCCC)(C(=O)O)S(=O)(=O)O.OCCN(CCO)CCO. The van der Waals surface area contributed by atoms with Gasteiger partial charge in [0.1, 0.15) is 0 Å². The van der Waals surface area contributed by atoms with Gasteiger partial charge in [0.2, 0.25) is 4.75 Å². The van der Waals surface area contributed by atoms with Gasteiger partial charge >= 0.3 is 11.9 Å². The smallest absolute Gasteiger partial charge is 0.328 e. The molecule has 0 aromatic heterocycles. The Morgan fingerprint density at radius 3 is 1.45 bits per heavy atom. The van der Waals surface area contributed by atoms with Crippen LogP contribution in [0, 0.1) is 5.92 Å². The highest BCUT2D eigenvalue weighted by Crippen LogP contribution is 2.37. The van der Waals surface area contributed by atoms with E-state index in [9.17, 15) is 32.8 Å². The van der Waals surface area contributed by atoms with Gasteiger partial charge in [-0.3, -0.25) is 19.0 Å². The molecular formula is C26H53NO10S. The number of aliphatic hydroxyl groups is 3. The van der Waals surface area contributed by atoms with Gasteiger partial charge in [0.25, 0.3) is 10.1 Å². The highest BCUT2D eigenvalue weighted by molar-refractivity contribution is 7.88. The van der Waals surface area contributed by atoms with E-state index in [-0.39, 0.29) is 39.1 Å². The van der Waals surface area contributed by atoms with Crippen LogP contribution in [0.4, 0.5) is 0 Å². The van der Waals surface area contributed by atoms with Crippen LogP contribution in [0.2, 0.25) is 0 Å². The van der Waals surface area contributed by atoms with Crippen molar-refractivity contribution in [2.75, 3.05) is 39.5 Å². The average molecular weight is 572 g/mol. The molecule has 0 saturated heterocycles. The van der Waals surface area contributed by atoms with E-state index >= 15 is 0 Å². The molecule has 0 aromatic rings. The lowest BCUT2D eigenvalue weighted by Gasteiger charge is -2.32. The van der Waals surface area contributed by atoms with Crippen LogP contribution in [-0.4, -0.2) is 99.5 Å². The summed E-state index contributed by atoms with van der Waals surface area (Å²) >= 11 is 0. The van der Waals surface area contributed by atoms with Gasteiger partial charge in [-0.1, -0.05) is 90.9 Å². The maximum absolute atomic E-state index is 12.1. The van der Waals surface area contributed by atoms with Crippen molar-refractivity contribution in [2.45, 2.75) is 108 Å². The average Bonchev–Trinajstić information content (AvgIpc) is 2.83. The lowest BCUT2D eigenvalue weighted by molar-refractivity contribution is -0.152. The van der Waals surface area contributed by atoms with Gasteiger partial charge in [-0.05, 0) is 12.8 Å². The number of carbonyl (C=O) groups is 2. The molecule has 6 N–H and O–H groups in total. The highest BCUT2D eigenvalue weighted by Gasteiger charge is 2.58. The molecule has 12 heteroatoms. The Bertz CT molecular complexity index is 690. The zero-order valence-electron chi connectivity index (χ0n) is 23.4. The maximum atomic E-state index is 12.1. The highest BCUT2D eigenvalue weighted by atomic mass is 32.2. The number of carboxylic acid groups (broad SMARTS) is 2. The molecule has 0 amide bonds. The monoisotopic (exact) mass is 571 g/mol. The summed E-state index contributed by atoms with van der Waals surface area (Å²) in [6, 6.07) is 0. The standard InChI is InChI=1S/C20H38O7S.C6H15NO3/c1-3-5-7-9-11-13-15-17(18(21)22)20(19(23)24,28(25,26)27)16-14-12-10-8-6-4-2;8-4-1-7(2-5-9)3-6-10/h17H,3-16H2,1-2H3,(H,21,22)(H,23,24)(H,25,26,27);8-10H,1-6H2. The number of nitrogens with zero attached hydrogens (tertiary/aromatic N) is 1. The number of carboxylic acids is 2. The normalized spacial score (nSPS) is 14.0. The minimum absolute atomic E-state index is 0.0694. The minimum atomic E-state index is -5.10. The number of rotatable bonds is 24. The second-order valence-corrected chi connectivity index (χ2v) is 11.3. The van der Waals surface area contributed by atoms with E-state index in [0.717, 1.165) is 51.4 Å². The minimum Gasteiger partial charge on any atom is -0.481 e. The number of aliphatic carboxylic acids is 2. The molecule has 0 heterocycles. The Morgan fingerprint density at radius 2 is 1.11 bits per heavy atom. The van der Waals surface area contributed by atoms with Crippen molar-refractivity contribution in [1.82, 2.24) is 4.90 Å². The van der Waals surface area contributed by atoms with Crippen LogP contribution in [0.25, 0.3) is 0 Å². The number of hydrogen-bond acceptors (Lipinski definition) is 8. The van der Waals surface area contributed by atoms with Crippen molar-refractivity contribution < 1.29 is 48.1 Å². The van der Waals surface area contributed by atoms with Crippen LogP contribution in [0.1, 0.15) is 104 Å². The molecule has 2 atom stereocenters. The van der Waals surface area contributed by atoms with Crippen molar-refractivity contribution in [2.24, 2.45) is 5.92 Å². The van der Waals surface area contributed by atoms with Crippen LogP contribution in [0.5, 0.6) is 0 Å². The van der Waals surface area contributed by atoms with Crippen molar-refractivity contribution in [1.29, 1.82) is 0 Å². The van der Waals surface area contributed by atoms with Gasteiger partial charge in [0.05, 0.1) is 25.7 Å². The van der Waals surface area contributed by atoms with Crippen molar-refractivity contribution >= 4 is 22.1 Å². The van der Waals surface area contributed by atoms with Gasteiger partial charge in [0, 0.05) is 19.6 Å². The number of aliphatic hydroxyl groups excluding tert-OH is 3. The number of unbranched alkanes of at least 4 members (excludes halogenated alkanes) is 10. The largest absolute Gasteiger partial charge is 0.481 e. The van der Waals surface area contributed by atoms with E-state index in [4.69, 9.17) is 15.3 Å². The van der Waals surface area contributed by atoms with Crippen LogP contribution in [0.3, 0.4) is 0 Å². The van der Waals surface area contributed by atoms with Gasteiger partial charge in [0.15, 0.2) is 0 Å². The van der Waals surface area contributed by atoms with E-state index < -0.39 is 32.7 Å². The topological polar surface area (TPSA) is 193 Å². The summed E-state index contributed by atoms with van der Waals surface area (Å²) in [7, 11) is -5.10. The molecule has 0 aliphatic carbocycles. The second-order valence-electron chi connectivity index (χ2n) is 9.65. The van der Waals surface area contributed by atoms with Gasteiger partial charge in [-0.2, -0.15) is 8.42 Å². The Morgan fingerprint density at radius 1 is 0.711 bits per heavy atom. The van der Waals surface area contributed by atoms with Crippen molar-refractivity contribution in [3.8, 4) is 0 Å². The van der Waals surface area contributed by atoms with Gasteiger partial charge in [-0.25, -0.2) is 0 Å². The summed E-state index contributed by atoms with van der Waals surface area (Å²) < 4.78 is 31.3. The van der Waals surface area contributed by atoms with Crippen LogP contribution in [-0.2, 0) is 19.7 Å².